The van der Waals surface area contributed by atoms with Crippen LogP contribution in [0.5, 0.6) is 11.5 Å². The van der Waals surface area contributed by atoms with Gasteiger partial charge in [0.05, 0.1) is 26.7 Å². The minimum Gasteiger partial charge on any atom is -0.497 e. The molecule has 1 fully saturated rings. The Morgan fingerprint density at radius 3 is 2.67 bits per heavy atom. The second-order valence-corrected chi connectivity index (χ2v) is 7.16. The fourth-order valence-electron chi connectivity index (χ4n) is 3.51. The smallest absolute Gasteiger partial charge is 0.237 e. The van der Waals surface area contributed by atoms with E-state index in [2.05, 4.69) is 15.6 Å². The fraction of sp³-hybridized carbons (Fsp3) is 0.409. The van der Waals surface area contributed by atoms with Crippen molar-refractivity contribution in [2.75, 3.05) is 33.9 Å². The van der Waals surface area contributed by atoms with Gasteiger partial charge in [-0.15, -0.1) is 0 Å². The van der Waals surface area contributed by atoms with Crippen molar-refractivity contribution in [3.8, 4) is 11.5 Å². The topological polar surface area (TPSA) is 92.8 Å². The number of aromatic nitrogens is 1. The Morgan fingerprint density at radius 2 is 2.00 bits per heavy atom. The van der Waals surface area contributed by atoms with E-state index < -0.39 is 6.04 Å². The summed E-state index contributed by atoms with van der Waals surface area (Å²) in [6.45, 7) is 2.25. The molecule has 1 aliphatic rings. The summed E-state index contributed by atoms with van der Waals surface area (Å²) in [6, 6.07) is 8.96. The minimum atomic E-state index is -0.519. The van der Waals surface area contributed by atoms with Crippen LogP contribution in [0.15, 0.2) is 42.7 Å². The van der Waals surface area contributed by atoms with E-state index in [1.165, 1.54) is 0 Å². The van der Waals surface area contributed by atoms with Crippen LogP contribution in [0.25, 0.3) is 0 Å². The molecule has 1 aliphatic heterocycles. The summed E-state index contributed by atoms with van der Waals surface area (Å²) in [4.78, 5) is 31.0. The predicted molar refractivity (Wildman–Crippen MR) is 112 cm³/mol. The van der Waals surface area contributed by atoms with Gasteiger partial charge in [-0.25, -0.2) is 0 Å². The summed E-state index contributed by atoms with van der Waals surface area (Å²) in [5.74, 6) is 1.11. The summed E-state index contributed by atoms with van der Waals surface area (Å²) in [7, 11) is 3.21. The van der Waals surface area contributed by atoms with E-state index in [1.807, 2.05) is 29.2 Å². The number of rotatable bonds is 9. The van der Waals surface area contributed by atoms with Crippen LogP contribution in [0.3, 0.4) is 0 Å². The third-order valence-electron chi connectivity index (χ3n) is 5.08. The zero-order valence-electron chi connectivity index (χ0n) is 17.4. The first-order valence-corrected chi connectivity index (χ1v) is 9.98. The largest absolute Gasteiger partial charge is 0.497 e. The number of nitrogens with zero attached hydrogens (tertiary/aromatic N) is 2. The standard InChI is InChI=1S/C22H28N4O4/c1-29-18-10-17(11-19(12-18)30-2)15-26-9-8-25-22(28)20(26)13-21(27)24-7-5-16-4-3-6-23-14-16/h3-4,6,10-12,14,20H,5,7-9,13,15H2,1-2H3,(H,24,27)(H,25,28). The molecule has 3 rings (SSSR count). The molecular formula is C22H28N4O4. The first kappa shape index (κ1) is 21.6. The van der Waals surface area contributed by atoms with Crippen LogP contribution in [-0.4, -0.2) is 61.6 Å². The molecule has 1 aromatic carbocycles. The first-order valence-electron chi connectivity index (χ1n) is 9.98. The van der Waals surface area contributed by atoms with E-state index in [4.69, 9.17) is 9.47 Å². The van der Waals surface area contributed by atoms with Crippen LogP contribution in [-0.2, 0) is 22.6 Å². The molecule has 8 nitrogen and oxygen atoms in total. The van der Waals surface area contributed by atoms with Gasteiger partial charge in [0.25, 0.3) is 0 Å². The minimum absolute atomic E-state index is 0.111. The third-order valence-corrected chi connectivity index (χ3v) is 5.08. The highest BCUT2D eigenvalue weighted by Crippen LogP contribution is 2.24. The lowest BCUT2D eigenvalue weighted by molar-refractivity contribution is -0.134. The average Bonchev–Trinajstić information content (AvgIpc) is 2.76. The maximum atomic E-state index is 12.5. The van der Waals surface area contributed by atoms with Gasteiger partial charge in [-0.05, 0) is 35.7 Å². The highest BCUT2D eigenvalue weighted by atomic mass is 16.5. The van der Waals surface area contributed by atoms with E-state index in [0.29, 0.717) is 44.1 Å². The van der Waals surface area contributed by atoms with Crippen LogP contribution in [0.1, 0.15) is 17.5 Å². The zero-order valence-corrected chi connectivity index (χ0v) is 17.4. The van der Waals surface area contributed by atoms with Gasteiger partial charge in [0.1, 0.15) is 11.5 Å². The highest BCUT2D eigenvalue weighted by Gasteiger charge is 2.31. The SMILES string of the molecule is COc1cc(CN2CCNC(=O)C2CC(=O)NCCc2cccnc2)cc(OC)c1. The van der Waals surface area contributed by atoms with Crippen molar-refractivity contribution in [3.63, 3.8) is 0 Å². The van der Waals surface area contributed by atoms with Crippen molar-refractivity contribution in [3.05, 3.63) is 53.9 Å². The van der Waals surface area contributed by atoms with Gasteiger partial charge in [0.15, 0.2) is 0 Å². The lowest BCUT2D eigenvalue weighted by Crippen LogP contribution is -2.56. The van der Waals surface area contributed by atoms with Crippen LogP contribution < -0.4 is 20.1 Å². The van der Waals surface area contributed by atoms with Gasteiger partial charge >= 0.3 is 0 Å². The number of benzene rings is 1. The van der Waals surface area contributed by atoms with Gasteiger partial charge in [-0.1, -0.05) is 6.07 Å². The Kier molecular flexibility index (Phi) is 7.62. The van der Waals surface area contributed by atoms with Crippen molar-refractivity contribution < 1.29 is 19.1 Å². The molecule has 0 radical (unpaired) electrons. The number of pyridine rings is 1. The van der Waals surface area contributed by atoms with Crippen molar-refractivity contribution in [2.45, 2.75) is 25.4 Å². The molecule has 8 heteroatoms. The Hall–Kier alpha value is -3.13. The predicted octanol–water partition coefficient (Wildman–Crippen LogP) is 1.15. The molecule has 2 aromatic rings. The number of piperazine rings is 1. The molecule has 1 atom stereocenters. The number of amides is 2. The number of nitrogens with one attached hydrogen (secondary N) is 2. The van der Waals surface area contributed by atoms with E-state index >= 15 is 0 Å². The van der Waals surface area contributed by atoms with Crippen LogP contribution in [0, 0.1) is 0 Å². The Labute approximate surface area is 176 Å². The molecule has 160 valence electrons. The first-order chi connectivity index (χ1) is 14.6. The molecule has 1 aromatic heterocycles. The number of carbonyl (C=O) groups excluding carboxylic acids is 2. The molecule has 30 heavy (non-hydrogen) atoms. The monoisotopic (exact) mass is 412 g/mol. The fourth-order valence-corrected chi connectivity index (χ4v) is 3.51. The zero-order chi connectivity index (χ0) is 21.3. The van der Waals surface area contributed by atoms with Gasteiger partial charge < -0.3 is 20.1 Å². The molecule has 0 saturated carbocycles. The lowest BCUT2D eigenvalue weighted by atomic mass is 10.1. The molecule has 2 heterocycles. The van der Waals surface area contributed by atoms with Crippen molar-refractivity contribution in [2.24, 2.45) is 0 Å². The molecular weight excluding hydrogens is 384 g/mol. The van der Waals surface area contributed by atoms with Gasteiger partial charge in [0, 0.05) is 44.6 Å². The van der Waals surface area contributed by atoms with E-state index in [1.54, 1.807) is 32.7 Å². The third kappa shape index (κ3) is 5.93. The molecule has 0 spiro atoms. The van der Waals surface area contributed by atoms with Crippen molar-refractivity contribution >= 4 is 11.8 Å². The average molecular weight is 412 g/mol. The normalized spacial score (nSPS) is 16.6. The Balaban J connectivity index is 1.60. The maximum Gasteiger partial charge on any atom is 0.237 e. The summed E-state index contributed by atoms with van der Waals surface area (Å²) >= 11 is 0. The molecule has 1 saturated heterocycles. The Bertz CT molecular complexity index is 837. The summed E-state index contributed by atoms with van der Waals surface area (Å²) in [6.07, 6.45) is 4.31. The molecule has 2 amide bonds. The number of ether oxygens (including phenoxy) is 2. The molecule has 0 aliphatic carbocycles. The number of methoxy groups -OCH3 is 2. The summed E-state index contributed by atoms with van der Waals surface area (Å²) in [5, 5.41) is 5.77. The lowest BCUT2D eigenvalue weighted by Gasteiger charge is -2.34. The van der Waals surface area contributed by atoms with E-state index in [-0.39, 0.29) is 18.2 Å². The second kappa shape index (κ2) is 10.6. The molecule has 1 unspecified atom stereocenters. The van der Waals surface area contributed by atoms with Gasteiger partial charge in [-0.2, -0.15) is 0 Å². The van der Waals surface area contributed by atoms with Crippen molar-refractivity contribution in [1.29, 1.82) is 0 Å². The Morgan fingerprint density at radius 1 is 1.23 bits per heavy atom. The van der Waals surface area contributed by atoms with Crippen molar-refractivity contribution in [1.82, 2.24) is 20.5 Å². The second-order valence-electron chi connectivity index (χ2n) is 7.16. The van der Waals surface area contributed by atoms with Gasteiger partial charge in [0.2, 0.25) is 11.8 Å². The quantitative estimate of drug-likeness (QED) is 0.642. The highest BCUT2D eigenvalue weighted by molar-refractivity contribution is 5.88. The van der Waals surface area contributed by atoms with Crippen LogP contribution in [0.4, 0.5) is 0 Å². The summed E-state index contributed by atoms with van der Waals surface area (Å²) in [5.41, 5.74) is 2.02. The number of hydrogen-bond acceptors (Lipinski definition) is 6. The van der Waals surface area contributed by atoms with Gasteiger partial charge in [-0.3, -0.25) is 19.5 Å². The summed E-state index contributed by atoms with van der Waals surface area (Å²) < 4.78 is 10.7. The number of carbonyl (C=O) groups is 2. The molecule has 0 bridgehead atoms. The molecule has 2 N–H and O–H groups in total. The van der Waals surface area contributed by atoms with E-state index in [9.17, 15) is 9.59 Å². The van der Waals surface area contributed by atoms with Crippen LogP contribution >= 0.6 is 0 Å². The van der Waals surface area contributed by atoms with E-state index in [0.717, 1.165) is 11.1 Å². The van der Waals surface area contributed by atoms with Crippen LogP contribution in [0.2, 0.25) is 0 Å². The maximum absolute atomic E-state index is 12.5. The number of hydrogen-bond donors (Lipinski definition) is 2.